The minimum atomic E-state index is 0.0654. The number of methoxy groups -OCH3 is 1. The number of hydrogen-bond donors (Lipinski definition) is 1. The van der Waals surface area contributed by atoms with E-state index in [0.29, 0.717) is 25.1 Å². The number of amides is 1. The molecule has 0 aromatic carbocycles. The average molecular weight is 306 g/mol. The van der Waals surface area contributed by atoms with Crippen molar-refractivity contribution in [3.63, 3.8) is 0 Å². The molecule has 1 unspecified atom stereocenters. The lowest BCUT2D eigenvalue weighted by Crippen LogP contribution is -2.45. The third-order valence-electron chi connectivity index (χ3n) is 4.29. The molecule has 2 fully saturated rings. The van der Waals surface area contributed by atoms with Gasteiger partial charge in [0.05, 0.1) is 19.6 Å². The van der Waals surface area contributed by atoms with Crippen molar-refractivity contribution in [2.75, 3.05) is 38.7 Å². The van der Waals surface area contributed by atoms with Crippen molar-refractivity contribution >= 4 is 11.7 Å². The van der Waals surface area contributed by atoms with Gasteiger partial charge in [-0.15, -0.1) is 0 Å². The van der Waals surface area contributed by atoms with Gasteiger partial charge < -0.3 is 19.7 Å². The van der Waals surface area contributed by atoms with E-state index in [1.807, 2.05) is 4.90 Å². The Balaban J connectivity index is 1.49. The number of carbonyl (C=O) groups excluding carboxylic acids is 1. The number of likely N-dealkylation sites (tertiary alicyclic amines) is 1. The zero-order valence-electron chi connectivity index (χ0n) is 12.8. The Hall–Kier alpha value is -1.89. The smallest absolute Gasteiger partial charge is 0.228 e. The predicted molar refractivity (Wildman–Crippen MR) is 80.7 cm³/mol. The Morgan fingerprint density at radius 2 is 2.18 bits per heavy atom. The second-order valence-electron chi connectivity index (χ2n) is 5.75. The van der Waals surface area contributed by atoms with Crippen LogP contribution in [-0.4, -0.2) is 60.2 Å². The van der Waals surface area contributed by atoms with Crippen LogP contribution in [0.4, 0.5) is 5.82 Å². The van der Waals surface area contributed by atoms with Crippen LogP contribution in [-0.2, 0) is 9.53 Å². The fourth-order valence-electron chi connectivity index (χ4n) is 2.97. The SMILES string of the molecule is COc1cc(NC2CCN(C(=O)C3CCOC3)CC2)ncn1. The van der Waals surface area contributed by atoms with E-state index in [4.69, 9.17) is 9.47 Å². The number of rotatable bonds is 4. The Labute approximate surface area is 130 Å². The first-order valence-corrected chi connectivity index (χ1v) is 7.75. The standard InChI is InChI=1S/C15H22N4O3/c1-21-14-8-13(16-10-17-14)18-12-2-5-19(6-3-12)15(20)11-4-7-22-9-11/h8,10-12H,2-7,9H2,1H3,(H,16,17,18). The van der Waals surface area contributed by atoms with Gasteiger partial charge in [-0.05, 0) is 19.3 Å². The van der Waals surface area contributed by atoms with Crippen molar-refractivity contribution in [1.29, 1.82) is 0 Å². The van der Waals surface area contributed by atoms with Crippen molar-refractivity contribution in [2.45, 2.75) is 25.3 Å². The van der Waals surface area contributed by atoms with E-state index in [1.54, 1.807) is 13.2 Å². The van der Waals surface area contributed by atoms with Crippen molar-refractivity contribution in [2.24, 2.45) is 5.92 Å². The molecule has 0 radical (unpaired) electrons. The van der Waals surface area contributed by atoms with Gasteiger partial charge in [0, 0.05) is 31.8 Å². The van der Waals surface area contributed by atoms with Gasteiger partial charge in [0.1, 0.15) is 12.1 Å². The highest BCUT2D eigenvalue weighted by atomic mass is 16.5. The third kappa shape index (κ3) is 3.47. The van der Waals surface area contributed by atoms with Crippen molar-refractivity contribution in [3.8, 4) is 5.88 Å². The second kappa shape index (κ2) is 6.91. The summed E-state index contributed by atoms with van der Waals surface area (Å²) in [6, 6.07) is 2.11. The lowest BCUT2D eigenvalue weighted by atomic mass is 10.0. The zero-order chi connectivity index (χ0) is 15.4. The Morgan fingerprint density at radius 3 is 2.86 bits per heavy atom. The molecular weight excluding hydrogens is 284 g/mol. The van der Waals surface area contributed by atoms with Crippen LogP contribution in [0.2, 0.25) is 0 Å². The molecule has 2 aliphatic heterocycles. The summed E-state index contributed by atoms with van der Waals surface area (Å²) in [5.41, 5.74) is 0. The molecule has 1 aromatic rings. The molecule has 0 saturated carbocycles. The summed E-state index contributed by atoms with van der Waals surface area (Å²) in [7, 11) is 1.59. The fraction of sp³-hybridized carbons (Fsp3) is 0.667. The zero-order valence-corrected chi connectivity index (χ0v) is 12.8. The van der Waals surface area contributed by atoms with E-state index < -0.39 is 0 Å². The lowest BCUT2D eigenvalue weighted by Gasteiger charge is -2.33. The van der Waals surface area contributed by atoms with Crippen LogP contribution in [0.25, 0.3) is 0 Å². The molecule has 22 heavy (non-hydrogen) atoms. The first kappa shape index (κ1) is 15.0. The van der Waals surface area contributed by atoms with Crippen LogP contribution in [0.5, 0.6) is 5.88 Å². The molecule has 3 rings (SSSR count). The van der Waals surface area contributed by atoms with E-state index in [2.05, 4.69) is 15.3 Å². The number of aromatic nitrogens is 2. The molecule has 0 bridgehead atoms. The van der Waals surface area contributed by atoms with E-state index >= 15 is 0 Å². The highest BCUT2D eigenvalue weighted by molar-refractivity contribution is 5.79. The number of ether oxygens (including phenoxy) is 2. The highest BCUT2D eigenvalue weighted by Crippen LogP contribution is 2.21. The number of anilines is 1. The van der Waals surface area contributed by atoms with Gasteiger partial charge in [-0.1, -0.05) is 0 Å². The summed E-state index contributed by atoms with van der Waals surface area (Å²) in [4.78, 5) is 22.5. The largest absolute Gasteiger partial charge is 0.481 e. The first-order chi connectivity index (χ1) is 10.8. The molecule has 0 spiro atoms. The molecule has 1 atom stereocenters. The van der Waals surface area contributed by atoms with Gasteiger partial charge in [-0.25, -0.2) is 9.97 Å². The average Bonchev–Trinajstić information content (AvgIpc) is 3.09. The number of hydrogen-bond acceptors (Lipinski definition) is 6. The fourth-order valence-corrected chi connectivity index (χ4v) is 2.97. The quantitative estimate of drug-likeness (QED) is 0.891. The van der Waals surface area contributed by atoms with Gasteiger partial charge in [0.15, 0.2) is 0 Å². The third-order valence-corrected chi connectivity index (χ3v) is 4.29. The minimum Gasteiger partial charge on any atom is -0.481 e. The summed E-state index contributed by atoms with van der Waals surface area (Å²) in [5.74, 6) is 1.63. The van der Waals surface area contributed by atoms with Crippen molar-refractivity contribution in [1.82, 2.24) is 14.9 Å². The normalized spacial score (nSPS) is 22.6. The summed E-state index contributed by atoms with van der Waals surface area (Å²) in [6.45, 7) is 2.87. The van der Waals surface area contributed by atoms with Crippen LogP contribution < -0.4 is 10.1 Å². The number of nitrogens with zero attached hydrogens (tertiary/aromatic N) is 3. The molecule has 7 nitrogen and oxygen atoms in total. The Morgan fingerprint density at radius 1 is 1.36 bits per heavy atom. The van der Waals surface area contributed by atoms with E-state index in [-0.39, 0.29) is 11.8 Å². The second-order valence-corrected chi connectivity index (χ2v) is 5.75. The number of piperidine rings is 1. The Bertz CT molecular complexity index is 511. The molecule has 3 heterocycles. The highest BCUT2D eigenvalue weighted by Gasteiger charge is 2.30. The van der Waals surface area contributed by atoms with Gasteiger partial charge >= 0.3 is 0 Å². The van der Waals surface area contributed by atoms with Crippen molar-refractivity contribution < 1.29 is 14.3 Å². The number of carbonyl (C=O) groups is 1. The minimum absolute atomic E-state index is 0.0654. The molecule has 1 amide bonds. The van der Waals surface area contributed by atoms with E-state index in [0.717, 1.165) is 38.2 Å². The first-order valence-electron chi connectivity index (χ1n) is 7.75. The monoisotopic (exact) mass is 306 g/mol. The van der Waals surface area contributed by atoms with E-state index in [9.17, 15) is 4.79 Å². The van der Waals surface area contributed by atoms with Gasteiger partial charge in [-0.2, -0.15) is 0 Å². The predicted octanol–water partition coefficient (Wildman–Crippen LogP) is 0.925. The lowest BCUT2D eigenvalue weighted by molar-refractivity contribution is -0.136. The molecule has 2 aliphatic rings. The Kier molecular flexibility index (Phi) is 4.72. The van der Waals surface area contributed by atoms with Gasteiger partial charge in [0.25, 0.3) is 0 Å². The molecule has 2 saturated heterocycles. The summed E-state index contributed by atoms with van der Waals surface area (Å²) >= 11 is 0. The number of nitrogens with one attached hydrogen (secondary N) is 1. The van der Waals surface area contributed by atoms with E-state index in [1.165, 1.54) is 6.33 Å². The molecule has 1 N–H and O–H groups in total. The van der Waals surface area contributed by atoms with Crippen LogP contribution >= 0.6 is 0 Å². The molecule has 7 heteroatoms. The maximum absolute atomic E-state index is 12.3. The van der Waals surface area contributed by atoms with Crippen molar-refractivity contribution in [3.05, 3.63) is 12.4 Å². The maximum atomic E-state index is 12.3. The maximum Gasteiger partial charge on any atom is 0.228 e. The summed E-state index contributed by atoms with van der Waals surface area (Å²) in [6.07, 6.45) is 4.19. The van der Waals surface area contributed by atoms with Crippen LogP contribution in [0, 0.1) is 5.92 Å². The molecular formula is C15H22N4O3. The van der Waals surface area contributed by atoms with Gasteiger partial charge in [-0.3, -0.25) is 4.79 Å². The summed E-state index contributed by atoms with van der Waals surface area (Å²) in [5, 5.41) is 3.39. The van der Waals surface area contributed by atoms with Crippen LogP contribution in [0.1, 0.15) is 19.3 Å². The van der Waals surface area contributed by atoms with Gasteiger partial charge in [0.2, 0.25) is 11.8 Å². The topological polar surface area (TPSA) is 76.6 Å². The van der Waals surface area contributed by atoms with Crippen LogP contribution in [0.15, 0.2) is 12.4 Å². The molecule has 1 aromatic heterocycles. The molecule has 120 valence electrons. The summed E-state index contributed by atoms with van der Waals surface area (Å²) < 4.78 is 10.4. The molecule has 0 aliphatic carbocycles. The van der Waals surface area contributed by atoms with Crippen LogP contribution in [0.3, 0.4) is 0 Å².